The molecule has 0 rings (SSSR count). The topological polar surface area (TPSA) is 121 Å². The van der Waals surface area contributed by atoms with Crippen LogP contribution in [-0.2, 0) is 9.59 Å². The lowest BCUT2D eigenvalue weighted by atomic mass is 10.0. The maximum Gasteiger partial charge on any atom is 0.414 e. The third-order valence-electron chi connectivity index (χ3n) is 1.35. The van der Waals surface area contributed by atoms with Gasteiger partial charge in [0.25, 0.3) is 0 Å². The molecular formula is C7H15NO5. The Kier molecular flexibility index (Phi) is 7.07. The minimum Gasteiger partial charge on any atom is -0.473 e. The van der Waals surface area contributed by atoms with Gasteiger partial charge >= 0.3 is 11.9 Å². The lowest BCUT2D eigenvalue weighted by Gasteiger charge is -2.17. The second-order valence-corrected chi connectivity index (χ2v) is 2.78. The van der Waals surface area contributed by atoms with Gasteiger partial charge < -0.3 is 21.1 Å². The minimum absolute atomic E-state index is 0.0729. The normalized spacial score (nSPS) is 13.5. The van der Waals surface area contributed by atoms with Crippen LogP contribution < -0.4 is 5.73 Å². The Labute approximate surface area is 76.0 Å². The van der Waals surface area contributed by atoms with E-state index < -0.39 is 11.9 Å². The minimum atomic E-state index is -1.82. The number of nitrogens with two attached hydrogens (primary N) is 1. The summed E-state index contributed by atoms with van der Waals surface area (Å²) in [4.78, 5) is 18.2. The van der Waals surface area contributed by atoms with Crippen LogP contribution in [0.4, 0.5) is 0 Å². The van der Waals surface area contributed by atoms with E-state index in [0.29, 0.717) is 0 Å². The molecule has 78 valence electrons. The number of rotatable bonds is 2. The maximum absolute atomic E-state index is 9.10. The summed E-state index contributed by atoms with van der Waals surface area (Å²) in [7, 11) is 0. The zero-order valence-electron chi connectivity index (χ0n) is 7.65. The van der Waals surface area contributed by atoms with Crippen LogP contribution in [0.2, 0.25) is 0 Å². The van der Waals surface area contributed by atoms with Gasteiger partial charge in [-0.2, -0.15) is 0 Å². The fourth-order valence-corrected chi connectivity index (χ4v) is 0.112. The summed E-state index contributed by atoms with van der Waals surface area (Å²) >= 11 is 0. The highest BCUT2D eigenvalue weighted by atomic mass is 16.4. The summed E-state index contributed by atoms with van der Waals surface area (Å²) in [6.45, 7) is 3.85. The van der Waals surface area contributed by atoms with E-state index in [2.05, 4.69) is 0 Å². The second-order valence-electron chi connectivity index (χ2n) is 2.78. The van der Waals surface area contributed by atoms with Crippen LogP contribution in [0.25, 0.3) is 0 Å². The number of aliphatic carboxylic acids is 2. The average Bonchev–Trinajstić information content (AvgIpc) is 2.05. The van der Waals surface area contributed by atoms with Crippen molar-refractivity contribution in [3.05, 3.63) is 0 Å². The first-order chi connectivity index (χ1) is 5.76. The van der Waals surface area contributed by atoms with E-state index in [4.69, 9.17) is 30.6 Å². The molecular weight excluding hydrogens is 178 g/mol. The predicted octanol–water partition coefficient (Wildman–Crippen LogP) is -0.738. The highest BCUT2D eigenvalue weighted by Gasteiger charge is 2.11. The average molecular weight is 193 g/mol. The Hall–Kier alpha value is -1.14. The van der Waals surface area contributed by atoms with Crippen LogP contribution in [0.5, 0.6) is 0 Å². The van der Waals surface area contributed by atoms with Crippen LogP contribution in [0.1, 0.15) is 20.3 Å². The lowest BCUT2D eigenvalue weighted by Crippen LogP contribution is -2.38. The molecule has 0 aliphatic rings. The van der Waals surface area contributed by atoms with Crippen molar-refractivity contribution in [2.45, 2.75) is 25.8 Å². The number of carbonyl (C=O) groups is 2. The van der Waals surface area contributed by atoms with E-state index in [9.17, 15) is 0 Å². The van der Waals surface area contributed by atoms with Crippen LogP contribution in [0, 0.1) is 0 Å². The Bertz CT molecular complexity index is 160. The molecule has 0 fully saturated rings. The van der Waals surface area contributed by atoms with E-state index in [1.54, 1.807) is 0 Å². The van der Waals surface area contributed by atoms with Gasteiger partial charge in [0.05, 0.1) is 6.61 Å². The molecule has 0 heterocycles. The van der Waals surface area contributed by atoms with Crippen molar-refractivity contribution >= 4 is 11.9 Å². The van der Waals surface area contributed by atoms with E-state index in [-0.39, 0.29) is 12.1 Å². The Morgan fingerprint density at radius 3 is 1.62 bits per heavy atom. The molecule has 6 heteroatoms. The molecule has 5 N–H and O–H groups in total. The smallest absolute Gasteiger partial charge is 0.414 e. The quantitative estimate of drug-likeness (QED) is 0.429. The predicted molar refractivity (Wildman–Crippen MR) is 45.2 cm³/mol. The summed E-state index contributed by atoms with van der Waals surface area (Å²) in [5.41, 5.74) is 5.10. The van der Waals surface area contributed by atoms with Crippen molar-refractivity contribution in [2.75, 3.05) is 6.61 Å². The molecule has 0 bridgehead atoms. The lowest BCUT2D eigenvalue weighted by molar-refractivity contribution is -0.159. The van der Waals surface area contributed by atoms with Gasteiger partial charge in [-0.05, 0) is 13.3 Å². The SMILES string of the molecule is CCC(C)(N)CO.O=C(O)C(=O)O. The summed E-state index contributed by atoms with van der Waals surface area (Å²) in [6.07, 6.45) is 0.823. The van der Waals surface area contributed by atoms with E-state index in [1.807, 2.05) is 13.8 Å². The summed E-state index contributed by atoms with van der Waals surface area (Å²) in [5, 5.41) is 23.3. The first kappa shape index (κ1) is 14.4. The second kappa shape index (κ2) is 6.38. The zero-order chi connectivity index (χ0) is 11.1. The number of hydrogen-bond acceptors (Lipinski definition) is 4. The van der Waals surface area contributed by atoms with Gasteiger partial charge in [0, 0.05) is 5.54 Å². The molecule has 0 spiro atoms. The number of aliphatic hydroxyl groups is 1. The maximum atomic E-state index is 9.10. The molecule has 1 atom stereocenters. The molecule has 0 aliphatic carbocycles. The molecule has 0 saturated heterocycles. The molecule has 0 saturated carbocycles. The molecule has 0 aromatic carbocycles. The highest BCUT2D eigenvalue weighted by molar-refractivity contribution is 6.27. The van der Waals surface area contributed by atoms with Crippen LogP contribution in [0.3, 0.4) is 0 Å². The Morgan fingerprint density at radius 1 is 1.31 bits per heavy atom. The van der Waals surface area contributed by atoms with Crippen LogP contribution in [-0.4, -0.2) is 39.4 Å². The van der Waals surface area contributed by atoms with Gasteiger partial charge in [0.15, 0.2) is 0 Å². The molecule has 0 aromatic rings. The zero-order valence-corrected chi connectivity index (χ0v) is 7.65. The van der Waals surface area contributed by atoms with Gasteiger partial charge in [-0.25, -0.2) is 9.59 Å². The molecule has 1 unspecified atom stereocenters. The van der Waals surface area contributed by atoms with Crippen molar-refractivity contribution in [1.82, 2.24) is 0 Å². The van der Waals surface area contributed by atoms with Gasteiger partial charge in [-0.15, -0.1) is 0 Å². The summed E-state index contributed by atoms with van der Waals surface area (Å²) in [5.74, 6) is -3.65. The first-order valence-electron chi connectivity index (χ1n) is 3.62. The van der Waals surface area contributed by atoms with Crippen LogP contribution in [0.15, 0.2) is 0 Å². The van der Waals surface area contributed by atoms with E-state index >= 15 is 0 Å². The summed E-state index contributed by atoms with van der Waals surface area (Å²) in [6, 6.07) is 0. The highest BCUT2D eigenvalue weighted by Crippen LogP contribution is 2.00. The number of carboxylic acids is 2. The van der Waals surface area contributed by atoms with E-state index in [1.165, 1.54) is 0 Å². The first-order valence-corrected chi connectivity index (χ1v) is 3.62. The van der Waals surface area contributed by atoms with Gasteiger partial charge in [-0.3, -0.25) is 0 Å². The molecule has 13 heavy (non-hydrogen) atoms. The molecule has 0 aliphatic heterocycles. The third kappa shape index (κ3) is 10.9. The molecule has 0 radical (unpaired) electrons. The Morgan fingerprint density at radius 2 is 1.62 bits per heavy atom. The van der Waals surface area contributed by atoms with Crippen LogP contribution >= 0.6 is 0 Å². The summed E-state index contributed by atoms with van der Waals surface area (Å²) < 4.78 is 0. The monoisotopic (exact) mass is 193 g/mol. The van der Waals surface area contributed by atoms with Crippen molar-refractivity contribution < 1.29 is 24.9 Å². The van der Waals surface area contributed by atoms with Gasteiger partial charge in [0.1, 0.15) is 0 Å². The molecule has 0 amide bonds. The van der Waals surface area contributed by atoms with Crippen molar-refractivity contribution in [2.24, 2.45) is 5.73 Å². The number of hydrogen-bond donors (Lipinski definition) is 4. The fraction of sp³-hybridized carbons (Fsp3) is 0.714. The van der Waals surface area contributed by atoms with Gasteiger partial charge in [0.2, 0.25) is 0 Å². The number of carboxylic acid groups (broad SMARTS) is 2. The Balaban J connectivity index is 0. The van der Waals surface area contributed by atoms with Crippen molar-refractivity contribution in [1.29, 1.82) is 0 Å². The van der Waals surface area contributed by atoms with Crippen molar-refractivity contribution in [3.8, 4) is 0 Å². The van der Waals surface area contributed by atoms with E-state index in [0.717, 1.165) is 6.42 Å². The van der Waals surface area contributed by atoms with Crippen molar-refractivity contribution in [3.63, 3.8) is 0 Å². The molecule has 0 aromatic heterocycles. The fourth-order valence-electron chi connectivity index (χ4n) is 0.112. The largest absolute Gasteiger partial charge is 0.473 e. The standard InChI is InChI=1S/C5H13NO.C2H2O4/c1-3-5(2,6)4-7;3-1(4)2(5)6/h7H,3-4,6H2,1-2H3;(H,3,4)(H,5,6). The molecule has 6 nitrogen and oxygen atoms in total. The van der Waals surface area contributed by atoms with Gasteiger partial charge in [-0.1, -0.05) is 6.92 Å². The number of aliphatic hydroxyl groups excluding tert-OH is 1. The third-order valence-corrected chi connectivity index (χ3v) is 1.35.